The number of nitrogens with zero attached hydrogens (tertiary/aromatic N) is 2. The van der Waals surface area contributed by atoms with Crippen molar-refractivity contribution in [2.45, 2.75) is 13.0 Å². The standard InChI is InChI=1S/C27H26N2O5/c1-28(15-8-16-34-20-9-4-3-5-10-20)25(30)23-17-19(13-14-24(23)33-2)18-29-26(31)21-11-6-7-12-22(21)27(29)32/h3-7,9-14,17H,8,15-16,18H2,1-2H3. The molecule has 34 heavy (non-hydrogen) atoms. The molecular weight excluding hydrogens is 432 g/mol. The molecule has 0 aliphatic carbocycles. The minimum Gasteiger partial charge on any atom is -0.496 e. The first-order valence-corrected chi connectivity index (χ1v) is 11.0. The van der Waals surface area contributed by atoms with Gasteiger partial charge in [0.25, 0.3) is 17.7 Å². The molecular formula is C27H26N2O5. The van der Waals surface area contributed by atoms with Gasteiger partial charge in [-0.15, -0.1) is 0 Å². The van der Waals surface area contributed by atoms with Crippen LogP contribution >= 0.6 is 0 Å². The average Bonchev–Trinajstić information content (AvgIpc) is 3.11. The molecule has 0 unspecified atom stereocenters. The lowest BCUT2D eigenvalue weighted by molar-refractivity contribution is 0.0642. The molecule has 7 heteroatoms. The Labute approximate surface area is 198 Å². The maximum Gasteiger partial charge on any atom is 0.261 e. The van der Waals surface area contributed by atoms with Crippen LogP contribution in [0.25, 0.3) is 0 Å². The molecule has 0 spiro atoms. The van der Waals surface area contributed by atoms with Crippen LogP contribution in [0, 0.1) is 0 Å². The van der Waals surface area contributed by atoms with Crippen molar-refractivity contribution in [3.63, 3.8) is 0 Å². The van der Waals surface area contributed by atoms with Crippen LogP contribution in [0.5, 0.6) is 11.5 Å². The minimum absolute atomic E-state index is 0.0747. The van der Waals surface area contributed by atoms with E-state index in [-0.39, 0.29) is 24.3 Å². The van der Waals surface area contributed by atoms with Crippen molar-refractivity contribution in [2.24, 2.45) is 0 Å². The molecule has 3 aromatic carbocycles. The van der Waals surface area contributed by atoms with Crippen molar-refractivity contribution >= 4 is 17.7 Å². The first-order chi connectivity index (χ1) is 16.5. The van der Waals surface area contributed by atoms with E-state index in [1.54, 1.807) is 54.4 Å². The van der Waals surface area contributed by atoms with Gasteiger partial charge in [0.05, 0.1) is 37.0 Å². The van der Waals surface area contributed by atoms with Gasteiger partial charge in [-0.3, -0.25) is 19.3 Å². The normalized spacial score (nSPS) is 12.5. The molecule has 0 atom stereocenters. The molecule has 0 saturated carbocycles. The van der Waals surface area contributed by atoms with Gasteiger partial charge in [-0.2, -0.15) is 0 Å². The summed E-state index contributed by atoms with van der Waals surface area (Å²) >= 11 is 0. The third kappa shape index (κ3) is 4.78. The van der Waals surface area contributed by atoms with Crippen molar-refractivity contribution in [1.29, 1.82) is 0 Å². The van der Waals surface area contributed by atoms with E-state index in [1.807, 2.05) is 30.3 Å². The van der Waals surface area contributed by atoms with Gasteiger partial charge in [0.2, 0.25) is 0 Å². The maximum atomic E-state index is 13.1. The number of hydrogen-bond acceptors (Lipinski definition) is 5. The molecule has 0 aromatic heterocycles. The van der Waals surface area contributed by atoms with E-state index >= 15 is 0 Å². The van der Waals surface area contributed by atoms with Gasteiger partial charge in [0.1, 0.15) is 11.5 Å². The topological polar surface area (TPSA) is 76.2 Å². The fraction of sp³-hybridized carbons (Fsp3) is 0.222. The van der Waals surface area contributed by atoms with Crippen LogP contribution in [0.2, 0.25) is 0 Å². The van der Waals surface area contributed by atoms with Gasteiger partial charge >= 0.3 is 0 Å². The summed E-state index contributed by atoms with van der Waals surface area (Å²) in [6.45, 7) is 1.06. The molecule has 0 fully saturated rings. The number of hydrogen-bond donors (Lipinski definition) is 0. The third-order valence-corrected chi connectivity index (χ3v) is 5.71. The Bertz CT molecular complexity index is 1170. The Morgan fingerprint density at radius 2 is 1.56 bits per heavy atom. The highest BCUT2D eigenvalue weighted by Gasteiger charge is 2.35. The summed E-state index contributed by atoms with van der Waals surface area (Å²) in [5.74, 6) is 0.350. The Balaban J connectivity index is 1.42. The SMILES string of the molecule is COc1ccc(CN2C(=O)c3ccccc3C2=O)cc1C(=O)N(C)CCCOc1ccccc1. The van der Waals surface area contributed by atoms with Crippen LogP contribution in [-0.4, -0.2) is 54.8 Å². The molecule has 0 N–H and O–H groups in total. The number of amides is 3. The monoisotopic (exact) mass is 458 g/mol. The maximum absolute atomic E-state index is 13.1. The molecule has 3 aromatic rings. The Morgan fingerprint density at radius 3 is 2.21 bits per heavy atom. The van der Waals surface area contributed by atoms with Gasteiger partial charge in [0, 0.05) is 13.6 Å². The lowest BCUT2D eigenvalue weighted by atomic mass is 10.1. The summed E-state index contributed by atoms with van der Waals surface area (Å²) in [5.41, 5.74) is 1.84. The van der Waals surface area contributed by atoms with E-state index in [1.165, 1.54) is 12.0 Å². The first kappa shape index (κ1) is 23.0. The van der Waals surface area contributed by atoms with E-state index in [0.717, 1.165) is 5.75 Å². The smallest absolute Gasteiger partial charge is 0.261 e. The van der Waals surface area contributed by atoms with Crippen LogP contribution in [0.15, 0.2) is 72.8 Å². The lowest BCUT2D eigenvalue weighted by Gasteiger charge is -2.20. The van der Waals surface area contributed by atoms with Gasteiger partial charge in [0.15, 0.2) is 0 Å². The van der Waals surface area contributed by atoms with Crippen molar-refractivity contribution < 1.29 is 23.9 Å². The average molecular weight is 459 g/mol. The number of methoxy groups -OCH3 is 1. The molecule has 0 bridgehead atoms. The largest absolute Gasteiger partial charge is 0.496 e. The molecule has 3 amide bonds. The molecule has 1 aliphatic heterocycles. The van der Waals surface area contributed by atoms with E-state index in [0.29, 0.717) is 47.6 Å². The third-order valence-electron chi connectivity index (χ3n) is 5.71. The molecule has 4 rings (SSSR count). The number of fused-ring (bicyclic) bond motifs is 1. The highest BCUT2D eigenvalue weighted by atomic mass is 16.5. The van der Waals surface area contributed by atoms with Crippen LogP contribution in [0.4, 0.5) is 0 Å². The highest BCUT2D eigenvalue weighted by molar-refractivity contribution is 6.21. The van der Waals surface area contributed by atoms with Crippen LogP contribution < -0.4 is 9.47 Å². The van der Waals surface area contributed by atoms with E-state index in [2.05, 4.69) is 0 Å². The summed E-state index contributed by atoms with van der Waals surface area (Å²) in [7, 11) is 3.23. The van der Waals surface area contributed by atoms with Crippen molar-refractivity contribution in [3.05, 3.63) is 95.1 Å². The van der Waals surface area contributed by atoms with Gasteiger partial charge in [-0.1, -0.05) is 36.4 Å². The molecule has 174 valence electrons. The Morgan fingerprint density at radius 1 is 0.912 bits per heavy atom. The van der Waals surface area contributed by atoms with E-state index in [4.69, 9.17) is 9.47 Å². The first-order valence-electron chi connectivity index (χ1n) is 11.0. The van der Waals surface area contributed by atoms with Gasteiger partial charge in [-0.25, -0.2) is 0 Å². The number of carbonyl (C=O) groups is 3. The summed E-state index contributed by atoms with van der Waals surface area (Å²) in [6.07, 6.45) is 0.661. The summed E-state index contributed by atoms with van der Waals surface area (Å²) in [5, 5.41) is 0. The fourth-order valence-corrected chi connectivity index (χ4v) is 3.90. The molecule has 1 aliphatic rings. The quantitative estimate of drug-likeness (QED) is 0.357. The summed E-state index contributed by atoms with van der Waals surface area (Å²) in [6, 6.07) is 21.4. The number of benzene rings is 3. The predicted octanol–water partition coefficient (Wildman–Crippen LogP) is 4.03. The number of ether oxygens (including phenoxy) is 2. The second kappa shape index (κ2) is 10.2. The Hall–Kier alpha value is -4.13. The second-order valence-corrected chi connectivity index (χ2v) is 8.02. The lowest BCUT2D eigenvalue weighted by Crippen LogP contribution is -2.30. The second-order valence-electron chi connectivity index (χ2n) is 8.02. The zero-order chi connectivity index (χ0) is 24.1. The van der Waals surface area contributed by atoms with Crippen molar-refractivity contribution in [2.75, 3.05) is 27.3 Å². The van der Waals surface area contributed by atoms with Crippen LogP contribution in [-0.2, 0) is 6.54 Å². The minimum atomic E-state index is -0.333. The van der Waals surface area contributed by atoms with Gasteiger partial charge in [-0.05, 0) is 48.4 Å². The Kier molecular flexibility index (Phi) is 6.92. The van der Waals surface area contributed by atoms with Gasteiger partial charge < -0.3 is 14.4 Å². The zero-order valence-corrected chi connectivity index (χ0v) is 19.2. The number of carbonyl (C=O) groups excluding carboxylic acids is 3. The molecule has 7 nitrogen and oxygen atoms in total. The number of imide groups is 1. The molecule has 1 heterocycles. The van der Waals surface area contributed by atoms with Crippen molar-refractivity contribution in [3.8, 4) is 11.5 Å². The zero-order valence-electron chi connectivity index (χ0n) is 19.2. The molecule has 0 radical (unpaired) electrons. The molecule has 0 saturated heterocycles. The van der Waals surface area contributed by atoms with E-state index < -0.39 is 0 Å². The van der Waals surface area contributed by atoms with Crippen LogP contribution in [0.1, 0.15) is 43.1 Å². The van der Waals surface area contributed by atoms with Crippen molar-refractivity contribution in [1.82, 2.24) is 9.80 Å². The van der Waals surface area contributed by atoms with Crippen LogP contribution in [0.3, 0.4) is 0 Å². The highest BCUT2D eigenvalue weighted by Crippen LogP contribution is 2.27. The summed E-state index contributed by atoms with van der Waals surface area (Å²) < 4.78 is 11.1. The number of rotatable bonds is 9. The fourth-order valence-electron chi connectivity index (χ4n) is 3.90. The summed E-state index contributed by atoms with van der Waals surface area (Å²) in [4.78, 5) is 41.4. The van der Waals surface area contributed by atoms with E-state index in [9.17, 15) is 14.4 Å². The number of para-hydroxylation sites is 1. The predicted molar refractivity (Wildman–Crippen MR) is 127 cm³/mol.